The van der Waals surface area contributed by atoms with Crippen molar-refractivity contribution < 1.29 is 27.8 Å². The largest absolute Gasteiger partial charge is 0.472 e. The van der Waals surface area contributed by atoms with Gasteiger partial charge in [0.1, 0.15) is 6.10 Å². The zero-order valence-electron chi connectivity index (χ0n) is 19.6. The lowest BCUT2D eigenvalue weighted by atomic mass is 10.0. The molecule has 0 unspecified atom stereocenters. The average Bonchev–Trinajstić information content (AvgIpc) is 3.33. The Balaban J connectivity index is 0.000000658. The number of hydrogen-bond donors (Lipinski definition) is 2. The van der Waals surface area contributed by atoms with Crippen molar-refractivity contribution in [2.75, 3.05) is 38.2 Å². The molecule has 2 N–H and O–H groups in total. The Hall–Kier alpha value is -3.14. The summed E-state index contributed by atoms with van der Waals surface area (Å²) in [7, 11) is 1.80. The predicted octanol–water partition coefficient (Wildman–Crippen LogP) is 5.09. The number of anilines is 1. The van der Waals surface area contributed by atoms with Crippen molar-refractivity contribution in [3.05, 3.63) is 76.9 Å². The molecule has 1 fully saturated rings. The van der Waals surface area contributed by atoms with Crippen molar-refractivity contribution in [2.45, 2.75) is 18.7 Å². The van der Waals surface area contributed by atoms with Crippen LogP contribution in [0.2, 0.25) is 5.02 Å². The van der Waals surface area contributed by atoms with E-state index >= 15 is 0 Å². The first-order chi connectivity index (χ1) is 17.3. The fourth-order valence-electron chi connectivity index (χ4n) is 3.74. The summed E-state index contributed by atoms with van der Waals surface area (Å²) in [5, 5.41) is 11.4. The first-order valence-corrected chi connectivity index (χ1v) is 11.7. The molecule has 2 aromatic carbocycles. The molecule has 1 aromatic heterocycles. The van der Waals surface area contributed by atoms with Crippen molar-refractivity contribution in [3.8, 4) is 17.0 Å². The van der Waals surface area contributed by atoms with E-state index in [4.69, 9.17) is 21.4 Å². The molecule has 0 spiro atoms. The molecule has 0 radical (unpaired) electrons. The molecule has 0 aliphatic carbocycles. The highest BCUT2D eigenvalue weighted by molar-refractivity contribution is 6.33. The van der Waals surface area contributed by atoms with Crippen LogP contribution in [-0.2, 0) is 6.18 Å². The average molecular weight is 522 g/mol. The molecule has 1 atom stereocenters. The van der Waals surface area contributed by atoms with Gasteiger partial charge in [0.05, 0.1) is 18.7 Å². The van der Waals surface area contributed by atoms with Crippen LogP contribution in [0.4, 0.5) is 18.9 Å². The fourth-order valence-corrected chi connectivity index (χ4v) is 3.99. The summed E-state index contributed by atoms with van der Waals surface area (Å²) in [5.74, 6) is 0.143. The summed E-state index contributed by atoms with van der Waals surface area (Å²) in [6.45, 7) is 2.07. The van der Waals surface area contributed by atoms with Gasteiger partial charge in [-0.05, 0) is 36.9 Å². The van der Waals surface area contributed by atoms with E-state index < -0.39 is 11.7 Å². The van der Waals surface area contributed by atoms with Gasteiger partial charge in [-0.15, -0.1) is 0 Å². The normalized spacial score (nSPS) is 15.3. The summed E-state index contributed by atoms with van der Waals surface area (Å²) >= 11 is 6.27. The molecule has 0 bridgehead atoms. The minimum absolute atomic E-state index is 0.143. The number of aldehydes is 1. The number of aliphatic hydroxyl groups excluding tert-OH is 1. The molecule has 1 aliphatic rings. The van der Waals surface area contributed by atoms with Gasteiger partial charge < -0.3 is 20.1 Å². The maximum absolute atomic E-state index is 12.7. The Kier molecular flexibility index (Phi) is 9.69. The van der Waals surface area contributed by atoms with Crippen LogP contribution >= 0.6 is 11.6 Å². The van der Waals surface area contributed by atoms with Gasteiger partial charge in [-0.25, -0.2) is 4.98 Å². The van der Waals surface area contributed by atoms with E-state index in [1.54, 1.807) is 19.2 Å². The van der Waals surface area contributed by atoms with Crippen LogP contribution in [0.3, 0.4) is 0 Å². The van der Waals surface area contributed by atoms with Crippen molar-refractivity contribution in [1.29, 1.82) is 0 Å². The predicted molar refractivity (Wildman–Crippen MR) is 134 cm³/mol. The van der Waals surface area contributed by atoms with Crippen molar-refractivity contribution in [2.24, 2.45) is 0 Å². The molecular weight excluding hydrogens is 495 g/mol. The van der Waals surface area contributed by atoms with Gasteiger partial charge >= 0.3 is 6.18 Å². The number of aliphatic hydroxyl groups is 1. The van der Waals surface area contributed by atoms with E-state index in [0.717, 1.165) is 35.4 Å². The standard InChI is InChI=1S/C23H18ClF3N2O2.C3H9NO/c24-20-4-2-1-3-19(20)15-5-7-21(16(11-15)14-30)29-10-9-18(13-29)31-22-8-6-17(12-28-22)23(25,26)27;1-4-2-3-5/h1-8,11-12,14,18H,9-10,13H2;4-5H,2-3H2,1H3/t18-;/m0./s1. The van der Waals surface area contributed by atoms with E-state index in [9.17, 15) is 18.0 Å². The van der Waals surface area contributed by atoms with Gasteiger partial charge in [0, 0.05) is 53.6 Å². The Morgan fingerprint density at radius 1 is 1.22 bits per heavy atom. The van der Waals surface area contributed by atoms with E-state index in [1.165, 1.54) is 6.07 Å². The Morgan fingerprint density at radius 2 is 2.00 bits per heavy atom. The molecule has 1 aliphatic heterocycles. The number of rotatable bonds is 7. The zero-order valence-corrected chi connectivity index (χ0v) is 20.4. The van der Waals surface area contributed by atoms with Crippen molar-refractivity contribution in [3.63, 3.8) is 0 Å². The Bertz CT molecular complexity index is 1140. The van der Waals surface area contributed by atoms with Gasteiger partial charge in [-0.3, -0.25) is 4.79 Å². The third-order valence-corrected chi connectivity index (χ3v) is 5.87. The van der Waals surface area contributed by atoms with E-state index in [1.807, 2.05) is 35.2 Å². The van der Waals surface area contributed by atoms with Crippen LogP contribution in [0.5, 0.6) is 5.88 Å². The summed E-state index contributed by atoms with van der Waals surface area (Å²) in [6, 6.07) is 15.2. The lowest BCUT2D eigenvalue weighted by molar-refractivity contribution is -0.137. The molecule has 3 aromatic rings. The number of carbonyl (C=O) groups excluding carboxylic acids is 1. The van der Waals surface area contributed by atoms with Crippen LogP contribution in [0.15, 0.2) is 60.8 Å². The van der Waals surface area contributed by atoms with Crippen LogP contribution < -0.4 is 15.0 Å². The van der Waals surface area contributed by atoms with Crippen molar-refractivity contribution >= 4 is 23.6 Å². The molecule has 6 nitrogen and oxygen atoms in total. The molecule has 10 heteroatoms. The van der Waals surface area contributed by atoms with Crippen molar-refractivity contribution in [1.82, 2.24) is 10.3 Å². The number of hydrogen-bond acceptors (Lipinski definition) is 6. The number of pyridine rings is 1. The zero-order chi connectivity index (χ0) is 26.1. The summed E-state index contributed by atoms with van der Waals surface area (Å²) in [6.07, 6.45) is -2.45. The molecule has 0 saturated carbocycles. The SMILES string of the molecule is CNCCO.O=Cc1cc(-c2ccccc2Cl)ccc1N1CC[C@H](Oc2ccc(C(F)(F)F)cn2)C1. The van der Waals surface area contributed by atoms with E-state index in [-0.39, 0.29) is 18.6 Å². The molecule has 4 rings (SSSR count). The number of carbonyl (C=O) groups is 1. The maximum Gasteiger partial charge on any atom is 0.417 e. The Labute approximate surface area is 212 Å². The van der Waals surface area contributed by atoms with E-state index in [0.29, 0.717) is 36.6 Å². The highest BCUT2D eigenvalue weighted by atomic mass is 35.5. The third-order valence-electron chi connectivity index (χ3n) is 5.54. The van der Waals surface area contributed by atoms with Gasteiger partial charge in [0.2, 0.25) is 5.88 Å². The third kappa shape index (κ3) is 7.19. The Morgan fingerprint density at radius 3 is 2.58 bits per heavy atom. The summed E-state index contributed by atoms with van der Waals surface area (Å²) in [4.78, 5) is 17.5. The number of halogens is 4. The minimum Gasteiger partial charge on any atom is -0.472 e. The first-order valence-electron chi connectivity index (χ1n) is 11.3. The lowest BCUT2D eigenvalue weighted by Crippen LogP contribution is -2.25. The molecule has 0 amide bonds. The molecule has 36 heavy (non-hydrogen) atoms. The molecule has 192 valence electrons. The van der Waals surface area contributed by atoms with Crippen LogP contribution in [-0.4, -0.2) is 55.8 Å². The number of nitrogens with one attached hydrogen (secondary N) is 1. The van der Waals surface area contributed by atoms with Gasteiger partial charge in [-0.1, -0.05) is 35.9 Å². The van der Waals surface area contributed by atoms with Crippen LogP contribution in [0.1, 0.15) is 22.3 Å². The van der Waals surface area contributed by atoms with Gasteiger partial charge in [0.25, 0.3) is 0 Å². The number of benzene rings is 2. The monoisotopic (exact) mass is 521 g/mol. The second-order valence-electron chi connectivity index (χ2n) is 8.06. The second-order valence-corrected chi connectivity index (χ2v) is 8.46. The lowest BCUT2D eigenvalue weighted by Gasteiger charge is -2.21. The second kappa shape index (κ2) is 12.7. The number of nitrogens with zero attached hydrogens (tertiary/aromatic N) is 2. The molecule has 1 saturated heterocycles. The topological polar surface area (TPSA) is 74.7 Å². The van der Waals surface area contributed by atoms with Gasteiger partial charge in [0.15, 0.2) is 6.29 Å². The minimum atomic E-state index is -4.43. The smallest absolute Gasteiger partial charge is 0.417 e. The first kappa shape index (κ1) is 27.4. The van der Waals surface area contributed by atoms with E-state index in [2.05, 4.69) is 10.3 Å². The summed E-state index contributed by atoms with van der Waals surface area (Å²) in [5.41, 5.74) is 2.18. The number of alkyl halides is 3. The summed E-state index contributed by atoms with van der Waals surface area (Å²) < 4.78 is 43.8. The van der Waals surface area contributed by atoms with Crippen LogP contribution in [0, 0.1) is 0 Å². The molecule has 2 heterocycles. The van der Waals surface area contributed by atoms with Crippen LogP contribution in [0.25, 0.3) is 11.1 Å². The maximum atomic E-state index is 12.7. The quantitative estimate of drug-likeness (QED) is 0.422. The van der Waals surface area contributed by atoms with Gasteiger partial charge in [-0.2, -0.15) is 13.2 Å². The number of ether oxygens (including phenoxy) is 1. The number of aromatic nitrogens is 1. The highest BCUT2D eigenvalue weighted by Gasteiger charge is 2.31. The molecular formula is C26H27ClF3N3O3. The fraction of sp³-hybridized carbons (Fsp3) is 0.308. The highest BCUT2D eigenvalue weighted by Crippen LogP contribution is 2.33. The number of likely N-dealkylation sites (N-methyl/N-ethyl adjacent to an activating group) is 1.